The molecule has 4 rings (SSSR count). The van der Waals surface area contributed by atoms with E-state index in [2.05, 4.69) is 10.2 Å². The summed E-state index contributed by atoms with van der Waals surface area (Å²) in [4.78, 5) is 29.2. The first-order valence-electron chi connectivity index (χ1n) is 9.04. The highest BCUT2D eigenvalue weighted by Crippen LogP contribution is 2.33. The van der Waals surface area contributed by atoms with Crippen molar-refractivity contribution in [3.63, 3.8) is 0 Å². The van der Waals surface area contributed by atoms with Crippen LogP contribution in [0.5, 0.6) is 0 Å². The minimum Gasteiger partial charge on any atom is -0.352 e. The van der Waals surface area contributed by atoms with Crippen LogP contribution in [0.3, 0.4) is 0 Å². The third-order valence-corrected chi connectivity index (χ3v) is 5.66. The lowest BCUT2D eigenvalue weighted by atomic mass is 9.96. The number of carbonyl (C=O) groups excluding carboxylic acids is 2. The zero-order valence-corrected chi connectivity index (χ0v) is 13.3. The lowest BCUT2D eigenvalue weighted by Gasteiger charge is -2.32. The first-order valence-corrected chi connectivity index (χ1v) is 9.04. The molecule has 0 spiro atoms. The van der Waals surface area contributed by atoms with Gasteiger partial charge in [0.2, 0.25) is 11.8 Å². The van der Waals surface area contributed by atoms with Crippen LogP contribution in [0.4, 0.5) is 0 Å². The largest absolute Gasteiger partial charge is 0.352 e. The summed E-state index contributed by atoms with van der Waals surface area (Å²) >= 11 is 0. The Labute approximate surface area is 132 Å². The van der Waals surface area contributed by atoms with Crippen LogP contribution in [0.15, 0.2) is 0 Å². The van der Waals surface area contributed by atoms with Crippen LogP contribution in [0.1, 0.15) is 44.9 Å². The van der Waals surface area contributed by atoms with Crippen LogP contribution in [0.2, 0.25) is 0 Å². The van der Waals surface area contributed by atoms with Gasteiger partial charge in [-0.05, 0) is 44.9 Å². The first-order chi connectivity index (χ1) is 10.7. The van der Waals surface area contributed by atoms with Gasteiger partial charge in [0.05, 0.1) is 5.92 Å². The van der Waals surface area contributed by atoms with Crippen LogP contribution in [0.25, 0.3) is 0 Å². The number of carbonyl (C=O) groups is 2. The van der Waals surface area contributed by atoms with Crippen LogP contribution in [-0.2, 0) is 9.59 Å². The molecule has 22 heavy (non-hydrogen) atoms. The number of likely N-dealkylation sites (tertiary alicyclic amines) is 2. The molecule has 122 valence electrons. The molecule has 1 N–H and O–H groups in total. The quantitative estimate of drug-likeness (QED) is 0.843. The van der Waals surface area contributed by atoms with Crippen molar-refractivity contribution < 1.29 is 9.59 Å². The second-order valence-corrected chi connectivity index (χ2v) is 7.62. The second-order valence-electron chi connectivity index (χ2n) is 7.62. The van der Waals surface area contributed by atoms with Gasteiger partial charge in [-0.15, -0.1) is 0 Å². The summed E-state index contributed by atoms with van der Waals surface area (Å²) in [6, 6.07) is 1.12. The number of hydrogen-bond acceptors (Lipinski definition) is 3. The Bertz CT molecular complexity index is 459. The second kappa shape index (κ2) is 5.84. The number of hydrogen-bond donors (Lipinski definition) is 1. The van der Waals surface area contributed by atoms with Crippen molar-refractivity contribution in [3.05, 3.63) is 0 Å². The van der Waals surface area contributed by atoms with Gasteiger partial charge in [-0.2, -0.15) is 0 Å². The fraction of sp³-hybridized carbons (Fsp3) is 0.882. The average Bonchev–Trinajstić information content (AvgIpc) is 3.45. The van der Waals surface area contributed by atoms with Crippen LogP contribution in [-0.4, -0.2) is 59.9 Å². The van der Waals surface area contributed by atoms with Crippen LogP contribution < -0.4 is 5.32 Å². The Hall–Kier alpha value is -1.10. The molecule has 5 nitrogen and oxygen atoms in total. The van der Waals surface area contributed by atoms with E-state index in [4.69, 9.17) is 0 Å². The maximum atomic E-state index is 12.5. The predicted octanol–water partition coefficient (Wildman–Crippen LogP) is 0.988. The van der Waals surface area contributed by atoms with Crippen molar-refractivity contribution in [2.45, 2.75) is 57.0 Å². The van der Waals surface area contributed by atoms with E-state index in [1.54, 1.807) is 0 Å². The summed E-state index contributed by atoms with van der Waals surface area (Å²) < 4.78 is 0. The smallest absolute Gasteiger partial charge is 0.225 e. The van der Waals surface area contributed by atoms with Gasteiger partial charge in [0.25, 0.3) is 0 Å². The van der Waals surface area contributed by atoms with Gasteiger partial charge in [0, 0.05) is 44.2 Å². The number of nitrogens with one attached hydrogen (secondary N) is 1. The summed E-state index contributed by atoms with van der Waals surface area (Å²) in [7, 11) is 0. The summed E-state index contributed by atoms with van der Waals surface area (Å²) in [5.74, 6) is 0.740. The summed E-state index contributed by atoms with van der Waals surface area (Å²) in [5, 5.41) is 3.25. The highest BCUT2D eigenvalue weighted by molar-refractivity contribution is 5.83. The van der Waals surface area contributed by atoms with E-state index >= 15 is 0 Å². The van der Waals surface area contributed by atoms with E-state index in [0.29, 0.717) is 18.5 Å². The third-order valence-electron chi connectivity index (χ3n) is 5.66. The summed E-state index contributed by atoms with van der Waals surface area (Å²) in [6.45, 7) is 3.64. The van der Waals surface area contributed by atoms with Crippen molar-refractivity contribution in [3.8, 4) is 0 Å². The molecule has 5 heteroatoms. The third kappa shape index (κ3) is 3.14. The summed E-state index contributed by atoms with van der Waals surface area (Å²) in [5.41, 5.74) is 0. The van der Waals surface area contributed by atoms with Crippen molar-refractivity contribution in [2.24, 2.45) is 11.8 Å². The number of rotatable bonds is 4. The molecule has 2 heterocycles. The predicted molar refractivity (Wildman–Crippen MR) is 83.2 cm³/mol. The van der Waals surface area contributed by atoms with E-state index in [1.807, 2.05) is 4.90 Å². The van der Waals surface area contributed by atoms with Gasteiger partial charge in [-0.3, -0.25) is 14.5 Å². The molecule has 4 fully saturated rings. The normalized spacial score (nSPS) is 33.0. The number of nitrogens with zero attached hydrogens (tertiary/aromatic N) is 2. The topological polar surface area (TPSA) is 52.7 Å². The molecule has 2 aliphatic carbocycles. The Morgan fingerprint density at radius 1 is 0.864 bits per heavy atom. The van der Waals surface area contributed by atoms with E-state index < -0.39 is 0 Å². The minimum absolute atomic E-state index is 0.00595. The lowest BCUT2D eigenvalue weighted by molar-refractivity contribution is -0.137. The Kier molecular flexibility index (Phi) is 3.84. The Balaban J connectivity index is 1.27. The maximum absolute atomic E-state index is 12.5. The van der Waals surface area contributed by atoms with Crippen molar-refractivity contribution in [2.75, 3.05) is 26.2 Å². The molecule has 0 unspecified atom stereocenters. The highest BCUT2D eigenvalue weighted by atomic mass is 16.2. The molecule has 0 bridgehead atoms. The molecule has 0 aromatic heterocycles. The molecule has 4 aliphatic rings. The zero-order chi connectivity index (χ0) is 15.1. The molecule has 0 radical (unpaired) electrons. The molecule has 2 atom stereocenters. The molecule has 2 saturated heterocycles. The standard InChI is InChI=1S/C17H27N3O2/c21-16(18-14-7-9-19(11-14)15-5-6-15)13-2-1-8-20(10-13)17(22)12-3-4-12/h12-15H,1-11H2,(H,18,21)/t13-,14+/m1/s1. The fourth-order valence-electron chi connectivity index (χ4n) is 3.98. The number of amides is 2. The van der Waals surface area contributed by atoms with Crippen LogP contribution >= 0.6 is 0 Å². The molecule has 2 aliphatic heterocycles. The molecule has 0 aromatic rings. The van der Waals surface area contributed by atoms with E-state index in [1.165, 1.54) is 12.8 Å². The maximum Gasteiger partial charge on any atom is 0.225 e. The number of piperidine rings is 1. The summed E-state index contributed by atoms with van der Waals surface area (Å²) in [6.07, 6.45) is 7.74. The van der Waals surface area contributed by atoms with Crippen molar-refractivity contribution >= 4 is 11.8 Å². The van der Waals surface area contributed by atoms with Crippen LogP contribution in [0, 0.1) is 11.8 Å². The minimum atomic E-state index is 0.00595. The van der Waals surface area contributed by atoms with Crippen molar-refractivity contribution in [1.82, 2.24) is 15.1 Å². The van der Waals surface area contributed by atoms with Gasteiger partial charge >= 0.3 is 0 Å². The van der Waals surface area contributed by atoms with Gasteiger partial charge in [0.1, 0.15) is 0 Å². The van der Waals surface area contributed by atoms with E-state index in [0.717, 1.165) is 57.8 Å². The lowest BCUT2D eigenvalue weighted by Crippen LogP contribution is -2.48. The molecular formula is C17H27N3O2. The monoisotopic (exact) mass is 305 g/mol. The highest BCUT2D eigenvalue weighted by Gasteiger charge is 2.38. The van der Waals surface area contributed by atoms with Gasteiger partial charge in [0.15, 0.2) is 0 Å². The first kappa shape index (κ1) is 14.5. The van der Waals surface area contributed by atoms with E-state index in [-0.39, 0.29) is 17.7 Å². The molecule has 2 amide bonds. The van der Waals surface area contributed by atoms with Gasteiger partial charge < -0.3 is 10.2 Å². The Morgan fingerprint density at radius 3 is 2.41 bits per heavy atom. The van der Waals surface area contributed by atoms with E-state index in [9.17, 15) is 9.59 Å². The average molecular weight is 305 g/mol. The Morgan fingerprint density at radius 2 is 1.68 bits per heavy atom. The SMILES string of the molecule is O=C(N[C@H]1CCN(C2CC2)C1)[C@@H]1CCCN(C(=O)C2CC2)C1. The van der Waals surface area contributed by atoms with Gasteiger partial charge in [-0.1, -0.05) is 0 Å². The molecule has 2 saturated carbocycles. The van der Waals surface area contributed by atoms with Crippen molar-refractivity contribution in [1.29, 1.82) is 0 Å². The fourth-order valence-corrected chi connectivity index (χ4v) is 3.98. The van der Waals surface area contributed by atoms with Gasteiger partial charge in [-0.25, -0.2) is 0 Å². The zero-order valence-electron chi connectivity index (χ0n) is 13.3. The molecule has 0 aromatic carbocycles. The molecular weight excluding hydrogens is 278 g/mol.